The Morgan fingerprint density at radius 2 is 2.14 bits per heavy atom. The normalized spacial score (nSPS) is 12.3. The molecule has 0 N–H and O–H groups in total. The maximum atomic E-state index is 3.87. The van der Waals surface area contributed by atoms with Gasteiger partial charge in [0.1, 0.15) is 0 Å². The standard InChI is InChI=1S/C11H10.C3H8/c1-3-4-7-10(2)11-8-5-6-9-11;1-3-2/h3-8H,1-2H2;3H2,1-2H3/b7-4-;. The molecule has 0 saturated carbocycles. The summed E-state index contributed by atoms with van der Waals surface area (Å²) >= 11 is 0. The molecule has 14 heavy (non-hydrogen) atoms. The molecule has 1 aliphatic carbocycles. The molecule has 0 bridgehead atoms. The predicted molar refractivity (Wildman–Crippen MR) is 65.2 cm³/mol. The molecular weight excluding hydrogens is 168 g/mol. The van der Waals surface area contributed by atoms with Crippen molar-refractivity contribution >= 4 is 0 Å². The highest BCUT2D eigenvalue weighted by atomic mass is 14.0. The second kappa shape index (κ2) is 8.10. The van der Waals surface area contributed by atoms with Gasteiger partial charge < -0.3 is 0 Å². The van der Waals surface area contributed by atoms with Gasteiger partial charge in [-0.2, -0.15) is 0 Å². The highest BCUT2D eigenvalue weighted by molar-refractivity contribution is 5.48. The van der Waals surface area contributed by atoms with E-state index in [1.165, 1.54) is 6.42 Å². The Hall–Kier alpha value is -1.52. The van der Waals surface area contributed by atoms with Gasteiger partial charge in [-0.25, -0.2) is 0 Å². The summed E-state index contributed by atoms with van der Waals surface area (Å²) in [5, 5.41) is 0. The minimum Gasteiger partial charge on any atom is -0.112 e. The maximum Gasteiger partial charge on any atom is 0.0231 e. The Morgan fingerprint density at radius 3 is 2.57 bits per heavy atom. The highest BCUT2D eigenvalue weighted by Crippen LogP contribution is 2.12. The van der Waals surface area contributed by atoms with E-state index in [0.29, 0.717) is 0 Å². The van der Waals surface area contributed by atoms with Gasteiger partial charge in [-0.15, -0.1) is 5.73 Å². The fourth-order valence-electron chi connectivity index (χ4n) is 0.804. The van der Waals surface area contributed by atoms with E-state index in [-0.39, 0.29) is 0 Å². The van der Waals surface area contributed by atoms with Gasteiger partial charge >= 0.3 is 0 Å². The first-order chi connectivity index (χ1) is 6.76. The lowest BCUT2D eigenvalue weighted by Gasteiger charge is -1.92. The molecule has 0 spiro atoms. The smallest absolute Gasteiger partial charge is 0.0231 e. The molecule has 0 heteroatoms. The first kappa shape index (κ1) is 12.5. The van der Waals surface area contributed by atoms with Crippen molar-refractivity contribution in [1.29, 1.82) is 0 Å². The molecule has 74 valence electrons. The molecule has 0 unspecified atom stereocenters. The zero-order chi connectivity index (χ0) is 10.8. The van der Waals surface area contributed by atoms with E-state index in [0.717, 1.165) is 11.1 Å². The van der Waals surface area contributed by atoms with E-state index in [2.05, 4.69) is 32.7 Å². The number of allylic oxidation sites excluding steroid dienone is 7. The van der Waals surface area contributed by atoms with Crippen LogP contribution in [-0.2, 0) is 0 Å². The maximum absolute atomic E-state index is 3.87. The average Bonchev–Trinajstić information content (AvgIpc) is 2.68. The average molecular weight is 186 g/mol. The van der Waals surface area contributed by atoms with Crippen LogP contribution < -0.4 is 0 Å². The SMILES string of the molecule is C=C/C=C\C(=C)C1=C=CC=C1.CCC. The van der Waals surface area contributed by atoms with Crippen LogP contribution in [0.15, 0.2) is 66.5 Å². The molecule has 1 rings (SSSR count). The Labute approximate surface area is 87.3 Å². The third-order valence-corrected chi connectivity index (χ3v) is 1.38. The molecule has 0 saturated heterocycles. The first-order valence-corrected chi connectivity index (χ1v) is 4.88. The van der Waals surface area contributed by atoms with Gasteiger partial charge in [0.25, 0.3) is 0 Å². The van der Waals surface area contributed by atoms with E-state index < -0.39 is 0 Å². The third kappa shape index (κ3) is 5.18. The summed E-state index contributed by atoms with van der Waals surface area (Å²) in [5.74, 6) is 0. The Balaban J connectivity index is 0.000000500. The number of hydrogen-bond acceptors (Lipinski definition) is 0. The second-order valence-corrected chi connectivity index (χ2v) is 2.91. The van der Waals surface area contributed by atoms with Gasteiger partial charge in [0.15, 0.2) is 0 Å². The van der Waals surface area contributed by atoms with Crippen LogP contribution >= 0.6 is 0 Å². The van der Waals surface area contributed by atoms with Gasteiger partial charge in [0.05, 0.1) is 0 Å². The lowest BCUT2D eigenvalue weighted by Crippen LogP contribution is -1.74. The molecule has 0 radical (unpaired) electrons. The van der Waals surface area contributed by atoms with Crippen LogP contribution in [-0.4, -0.2) is 0 Å². The van der Waals surface area contributed by atoms with Crippen LogP contribution in [0.5, 0.6) is 0 Å². The molecule has 0 fully saturated rings. The first-order valence-electron chi connectivity index (χ1n) is 4.88. The van der Waals surface area contributed by atoms with E-state index in [1.54, 1.807) is 6.08 Å². The molecule has 0 aromatic carbocycles. The van der Waals surface area contributed by atoms with Crippen molar-refractivity contribution in [1.82, 2.24) is 0 Å². The van der Waals surface area contributed by atoms with Crippen molar-refractivity contribution in [2.24, 2.45) is 0 Å². The van der Waals surface area contributed by atoms with Crippen LogP contribution in [0.25, 0.3) is 0 Å². The predicted octanol–water partition coefficient (Wildman–Crippen LogP) is 4.35. The molecule has 0 atom stereocenters. The molecule has 0 aromatic rings. The van der Waals surface area contributed by atoms with Crippen molar-refractivity contribution in [3.63, 3.8) is 0 Å². The van der Waals surface area contributed by atoms with E-state index >= 15 is 0 Å². The quantitative estimate of drug-likeness (QED) is 0.454. The van der Waals surface area contributed by atoms with Crippen LogP contribution in [0.1, 0.15) is 20.3 Å². The summed E-state index contributed by atoms with van der Waals surface area (Å²) in [6.45, 7) is 11.7. The largest absolute Gasteiger partial charge is 0.112 e. The minimum absolute atomic E-state index is 0.968. The van der Waals surface area contributed by atoms with Crippen molar-refractivity contribution in [3.05, 3.63) is 66.5 Å². The van der Waals surface area contributed by atoms with Crippen LogP contribution in [0, 0.1) is 0 Å². The van der Waals surface area contributed by atoms with Gasteiger partial charge in [-0.1, -0.05) is 57.7 Å². The van der Waals surface area contributed by atoms with Crippen molar-refractivity contribution in [3.8, 4) is 0 Å². The Bertz CT molecular complexity index is 305. The van der Waals surface area contributed by atoms with Crippen LogP contribution in [0.3, 0.4) is 0 Å². The van der Waals surface area contributed by atoms with Crippen LogP contribution in [0.2, 0.25) is 0 Å². The fourth-order valence-corrected chi connectivity index (χ4v) is 0.804. The summed E-state index contributed by atoms with van der Waals surface area (Å²) in [4.78, 5) is 0. The van der Waals surface area contributed by atoms with E-state index in [1.807, 2.05) is 30.4 Å². The van der Waals surface area contributed by atoms with Crippen molar-refractivity contribution in [2.45, 2.75) is 20.3 Å². The lowest BCUT2D eigenvalue weighted by atomic mass is 10.1. The zero-order valence-corrected chi connectivity index (χ0v) is 9.09. The third-order valence-electron chi connectivity index (χ3n) is 1.38. The lowest BCUT2D eigenvalue weighted by molar-refractivity contribution is 1.09. The highest BCUT2D eigenvalue weighted by Gasteiger charge is 1.94. The molecule has 0 aliphatic heterocycles. The monoisotopic (exact) mass is 186 g/mol. The summed E-state index contributed by atoms with van der Waals surface area (Å²) < 4.78 is 0. The fraction of sp³-hybridized carbons (Fsp3) is 0.214. The van der Waals surface area contributed by atoms with Gasteiger partial charge in [0, 0.05) is 5.57 Å². The minimum atomic E-state index is 0.968. The molecular formula is C14H18. The molecule has 0 aromatic heterocycles. The van der Waals surface area contributed by atoms with Gasteiger partial charge in [-0.05, 0) is 17.7 Å². The molecule has 0 heterocycles. The van der Waals surface area contributed by atoms with Crippen molar-refractivity contribution in [2.75, 3.05) is 0 Å². The van der Waals surface area contributed by atoms with Gasteiger partial charge in [0.2, 0.25) is 0 Å². The number of hydrogen-bond donors (Lipinski definition) is 0. The summed E-state index contributed by atoms with van der Waals surface area (Å²) in [6.07, 6.45) is 12.6. The Kier molecular flexibility index (Phi) is 7.22. The van der Waals surface area contributed by atoms with Crippen molar-refractivity contribution < 1.29 is 0 Å². The van der Waals surface area contributed by atoms with E-state index in [9.17, 15) is 0 Å². The van der Waals surface area contributed by atoms with Gasteiger partial charge in [-0.3, -0.25) is 0 Å². The molecule has 0 amide bonds. The molecule has 1 aliphatic rings. The second-order valence-electron chi connectivity index (χ2n) is 2.91. The number of rotatable bonds is 3. The Morgan fingerprint density at radius 1 is 1.50 bits per heavy atom. The van der Waals surface area contributed by atoms with Crippen LogP contribution in [0.4, 0.5) is 0 Å². The van der Waals surface area contributed by atoms with E-state index in [4.69, 9.17) is 0 Å². The molecule has 0 nitrogen and oxygen atoms in total. The summed E-state index contributed by atoms with van der Waals surface area (Å²) in [7, 11) is 0. The summed E-state index contributed by atoms with van der Waals surface area (Å²) in [5.41, 5.74) is 5.07. The topological polar surface area (TPSA) is 0 Å². The zero-order valence-electron chi connectivity index (χ0n) is 9.09. The summed E-state index contributed by atoms with van der Waals surface area (Å²) in [6, 6.07) is 0.